The zero-order valence-corrected chi connectivity index (χ0v) is 17.8. The van der Waals surface area contributed by atoms with Crippen LogP contribution in [0.3, 0.4) is 0 Å². The van der Waals surface area contributed by atoms with Gasteiger partial charge < -0.3 is 14.4 Å². The number of nitrogens with zero attached hydrogens (tertiary/aromatic N) is 2. The summed E-state index contributed by atoms with van der Waals surface area (Å²) in [6.45, 7) is 7.47. The SMILES string of the molecule is C/C(=C\C(=C/[NH2+]O)CN1CCN(c2cccc3c2OCCO3)CC1)c1ccc(F)cc1. The van der Waals surface area contributed by atoms with Gasteiger partial charge in [-0.2, -0.15) is 5.48 Å². The van der Waals surface area contributed by atoms with E-state index >= 15 is 0 Å². The minimum absolute atomic E-state index is 0.245. The molecule has 7 heteroatoms. The maximum Gasteiger partial charge on any atom is 0.184 e. The number of hydroxylamine groups is 1. The molecule has 0 unspecified atom stereocenters. The van der Waals surface area contributed by atoms with Crippen LogP contribution in [-0.4, -0.2) is 56.0 Å². The van der Waals surface area contributed by atoms with E-state index in [4.69, 9.17) is 9.47 Å². The number of anilines is 1. The number of nitrogens with two attached hydrogens (primary N) is 1. The molecular formula is C24H29FN3O3+. The van der Waals surface area contributed by atoms with Crippen molar-refractivity contribution in [1.29, 1.82) is 0 Å². The summed E-state index contributed by atoms with van der Waals surface area (Å²) in [4.78, 5) is 4.71. The Morgan fingerprint density at radius 3 is 2.55 bits per heavy atom. The summed E-state index contributed by atoms with van der Waals surface area (Å²) in [6, 6.07) is 12.5. The third-order valence-corrected chi connectivity index (χ3v) is 5.65. The van der Waals surface area contributed by atoms with Gasteiger partial charge in [-0.3, -0.25) is 4.90 Å². The van der Waals surface area contributed by atoms with Crippen LogP contribution in [0.1, 0.15) is 12.5 Å². The van der Waals surface area contributed by atoms with Crippen LogP contribution >= 0.6 is 0 Å². The van der Waals surface area contributed by atoms with Crippen LogP contribution in [0.2, 0.25) is 0 Å². The molecule has 1 fully saturated rings. The molecule has 0 saturated carbocycles. The monoisotopic (exact) mass is 426 g/mol. The molecule has 2 aromatic carbocycles. The highest BCUT2D eigenvalue weighted by atomic mass is 19.1. The Kier molecular flexibility index (Phi) is 6.86. The second kappa shape index (κ2) is 9.96. The third-order valence-electron chi connectivity index (χ3n) is 5.65. The molecule has 1 saturated heterocycles. The third kappa shape index (κ3) is 5.25. The van der Waals surface area contributed by atoms with Crippen LogP contribution in [-0.2, 0) is 0 Å². The molecule has 3 N–H and O–H groups in total. The summed E-state index contributed by atoms with van der Waals surface area (Å²) in [6.07, 6.45) is 3.77. The number of quaternary nitrogens is 1. The lowest BCUT2D eigenvalue weighted by atomic mass is 10.0. The molecule has 2 aromatic rings. The largest absolute Gasteiger partial charge is 0.486 e. The number of fused-ring (bicyclic) bond motifs is 1. The van der Waals surface area contributed by atoms with Gasteiger partial charge in [0.15, 0.2) is 11.5 Å². The average molecular weight is 427 g/mol. The van der Waals surface area contributed by atoms with Crippen molar-refractivity contribution in [3.05, 3.63) is 71.7 Å². The van der Waals surface area contributed by atoms with Crippen molar-refractivity contribution in [3.63, 3.8) is 0 Å². The van der Waals surface area contributed by atoms with Crippen molar-refractivity contribution in [2.45, 2.75) is 6.92 Å². The van der Waals surface area contributed by atoms with Gasteiger partial charge in [-0.05, 0) is 48.4 Å². The molecule has 0 aromatic heterocycles. The van der Waals surface area contributed by atoms with E-state index in [1.165, 1.54) is 12.1 Å². The Bertz CT molecular complexity index is 951. The minimum Gasteiger partial charge on any atom is -0.486 e. The topological polar surface area (TPSA) is 61.8 Å². The quantitative estimate of drug-likeness (QED) is 0.549. The number of ether oxygens (including phenoxy) is 2. The lowest BCUT2D eigenvalue weighted by Gasteiger charge is -2.37. The van der Waals surface area contributed by atoms with Gasteiger partial charge >= 0.3 is 0 Å². The highest BCUT2D eigenvalue weighted by Gasteiger charge is 2.23. The Labute approximate surface area is 182 Å². The smallest absolute Gasteiger partial charge is 0.184 e. The van der Waals surface area contributed by atoms with E-state index in [0.29, 0.717) is 13.2 Å². The van der Waals surface area contributed by atoms with E-state index < -0.39 is 0 Å². The molecule has 0 aliphatic carbocycles. The lowest BCUT2D eigenvalue weighted by Crippen LogP contribution is -2.74. The Hall–Kier alpha value is -2.87. The van der Waals surface area contributed by atoms with Gasteiger partial charge in [-0.15, -0.1) is 0 Å². The van der Waals surface area contributed by atoms with E-state index in [1.807, 2.05) is 25.1 Å². The Balaban J connectivity index is 1.39. The van der Waals surface area contributed by atoms with Gasteiger partial charge in [0.05, 0.1) is 5.69 Å². The van der Waals surface area contributed by atoms with Gasteiger partial charge in [0.1, 0.15) is 25.2 Å². The van der Waals surface area contributed by atoms with Crippen molar-refractivity contribution in [1.82, 2.24) is 4.90 Å². The molecule has 0 atom stereocenters. The van der Waals surface area contributed by atoms with Gasteiger partial charge in [-0.25, -0.2) is 9.60 Å². The van der Waals surface area contributed by atoms with Gasteiger partial charge in [-0.1, -0.05) is 18.2 Å². The summed E-state index contributed by atoms with van der Waals surface area (Å²) in [5, 5.41) is 9.36. The number of benzene rings is 2. The van der Waals surface area contributed by atoms with Crippen LogP contribution in [0.25, 0.3) is 5.57 Å². The molecule has 2 heterocycles. The Morgan fingerprint density at radius 1 is 1.06 bits per heavy atom. The van der Waals surface area contributed by atoms with E-state index in [2.05, 4.69) is 15.9 Å². The average Bonchev–Trinajstić information content (AvgIpc) is 2.80. The summed E-state index contributed by atoms with van der Waals surface area (Å²) >= 11 is 0. The molecule has 2 aliphatic rings. The van der Waals surface area contributed by atoms with Crippen LogP contribution in [0, 0.1) is 5.82 Å². The highest BCUT2D eigenvalue weighted by molar-refractivity contribution is 5.67. The van der Waals surface area contributed by atoms with Crippen molar-refractivity contribution in [3.8, 4) is 11.5 Å². The number of para-hydroxylation sites is 1. The first-order chi connectivity index (χ1) is 15.1. The predicted molar refractivity (Wildman–Crippen MR) is 118 cm³/mol. The molecule has 2 aliphatic heterocycles. The summed E-state index contributed by atoms with van der Waals surface area (Å²) < 4.78 is 24.8. The maximum atomic E-state index is 13.2. The van der Waals surface area contributed by atoms with Crippen LogP contribution in [0.4, 0.5) is 10.1 Å². The van der Waals surface area contributed by atoms with Crippen LogP contribution in [0.5, 0.6) is 11.5 Å². The van der Waals surface area contributed by atoms with Crippen molar-refractivity contribution in [2.24, 2.45) is 0 Å². The van der Waals surface area contributed by atoms with Gasteiger partial charge in [0, 0.05) is 38.3 Å². The van der Waals surface area contributed by atoms with Gasteiger partial charge in [0.25, 0.3) is 0 Å². The van der Waals surface area contributed by atoms with E-state index in [1.54, 1.807) is 18.3 Å². The zero-order valence-electron chi connectivity index (χ0n) is 17.8. The molecule has 0 amide bonds. The number of hydrogen-bond donors (Lipinski definition) is 2. The number of halogens is 1. The second-order valence-corrected chi connectivity index (χ2v) is 7.79. The minimum atomic E-state index is -0.245. The lowest BCUT2D eigenvalue weighted by molar-refractivity contribution is -0.838. The number of piperazine rings is 1. The molecule has 0 spiro atoms. The maximum absolute atomic E-state index is 13.2. The summed E-state index contributed by atoms with van der Waals surface area (Å²) in [7, 11) is 0. The summed E-state index contributed by atoms with van der Waals surface area (Å²) in [5.41, 5.74) is 5.16. The fourth-order valence-corrected chi connectivity index (χ4v) is 4.03. The molecule has 164 valence electrons. The molecule has 6 nitrogen and oxygen atoms in total. The second-order valence-electron chi connectivity index (χ2n) is 7.79. The van der Waals surface area contributed by atoms with E-state index in [9.17, 15) is 9.60 Å². The van der Waals surface area contributed by atoms with Gasteiger partial charge in [0.2, 0.25) is 0 Å². The molecular weight excluding hydrogens is 397 g/mol. The predicted octanol–water partition coefficient (Wildman–Crippen LogP) is 2.66. The number of allylic oxidation sites excluding steroid dienone is 1. The van der Waals surface area contributed by atoms with Crippen LogP contribution in [0.15, 0.2) is 60.3 Å². The first-order valence-corrected chi connectivity index (χ1v) is 10.6. The molecule has 31 heavy (non-hydrogen) atoms. The number of hydrogen-bond acceptors (Lipinski definition) is 5. The molecule has 0 bridgehead atoms. The first-order valence-electron chi connectivity index (χ1n) is 10.6. The van der Waals surface area contributed by atoms with Crippen molar-refractivity contribution in [2.75, 3.05) is 50.8 Å². The summed E-state index contributed by atoms with van der Waals surface area (Å²) in [5.74, 6) is 1.41. The van der Waals surface area contributed by atoms with E-state index in [-0.39, 0.29) is 5.82 Å². The molecule has 4 rings (SSSR count). The number of rotatable bonds is 6. The fourth-order valence-electron chi connectivity index (χ4n) is 4.03. The zero-order chi connectivity index (χ0) is 21.6. The fraction of sp³-hybridized carbons (Fsp3) is 0.333. The Morgan fingerprint density at radius 2 is 1.81 bits per heavy atom. The first kappa shape index (κ1) is 21.4. The molecule has 0 radical (unpaired) electrons. The van der Waals surface area contributed by atoms with Crippen molar-refractivity contribution < 1.29 is 24.6 Å². The standard InChI is InChI=1S/C24H28FN3O3/c1-18(20-5-7-21(25)8-6-20)15-19(16-26-29)17-27-9-11-28(12-10-27)22-3-2-4-23-24(22)31-14-13-30-23/h2-8,15-16,26,29H,9-14,17H2,1H3/p+1/b18-15+,19-16+. The normalized spacial score (nSPS) is 17.7. The highest BCUT2D eigenvalue weighted by Crippen LogP contribution is 2.39. The van der Waals surface area contributed by atoms with Crippen molar-refractivity contribution >= 4 is 11.3 Å². The van der Waals surface area contributed by atoms with Crippen LogP contribution < -0.4 is 19.9 Å². The van der Waals surface area contributed by atoms with E-state index in [0.717, 1.165) is 72.1 Å².